The van der Waals surface area contributed by atoms with Crippen LogP contribution in [0.5, 0.6) is 0 Å². The van der Waals surface area contributed by atoms with Crippen molar-refractivity contribution in [3.63, 3.8) is 0 Å². The molecule has 0 aliphatic rings. The van der Waals surface area contributed by atoms with Crippen molar-refractivity contribution in [1.82, 2.24) is 5.48 Å². The standard InChI is InChI=1S/C17H16F3NO3/c18-13-9-15(20)14(19)8-12(13)6-7-16(17(22)23)21-24-10-11-4-2-1-3-5-11/h1-5,8-9,16,21H,6-7,10H2,(H,22,23). The summed E-state index contributed by atoms with van der Waals surface area (Å²) in [5.74, 6) is -4.56. The van der Waals surface area contributed by atoms with E-state index in [1.807, 2.05) is 30.3 Å². The molecule has 0 saturated heterocycles. The van der Waals surface area contributed by atoms with Crippen LogP contribution in [0.4, 0.5) is 13.2 Å². The maximum absolute atomic E-state index is 13.5. The van der Waals surface area contributed by atoms with Gasteiger partial charge in [-0.2, -0.15) is 5.48 Å². The number of carboxylic acids is 1. The molecule has 0 aromatic heterocycles. The molecule has 0 heterocycles. The molecule has 0 aliphatic carbocycles. The molecule has 2 N–H and O–H groups in total. The zero-order valence-electron chi connectivity index (χ0n) is 12.6. The van der Waals surface area contributed by atoms with Crippen LogP contribution < -0.4 is 5.48 Å². The van der Waals surface area contributed by atoms with E-state index in [0.29, 0.717) is 6.07 Å². The smallest absolute Gasteiger partial charge is 0.323 e. The van der Waals surface area contributed by atoms with Crippen molar-refractivity contribution in [2.24, 2.45) is 0 Å². The Bertz CT molecular complexity index is 695. The Morgan fingerprint density at radius 3 is 2.42 bits per heavy atom. The minimum absolute atomic E-state index is 0.0495. The van der Waals surface area contributed by atoms with Crippen LogP contribution in [-0.4, -0.2) is 17.1 Å². The molecular formula is C17H16F3NO3. The van der Waals surface area contributed by atoms with Crippen LogP contribution in [0.2, 0.25) is 0 Å². The van der Waals surface area contributed by atoms with Crippen molar-refractivity contribution < 1.29 is 27.9 Å². The monoisotopic (exact) mass is 339 g/mol. The van der Waals surface area contributed by atoms with E-state index in [-0.39, 0.29) is 25.0 Å². The van der Waals surface area contributed by atoms with Gasteiger partial charge < -0.3 is 5.11 Å². The first-order valence-corrected chi connectivity index (χ1v) is 7.25. The average Bonchev–Trinajstić information content (AvgIpc) is 2.55. The molecule has 0 spiro atoms. The van der Waals surface area contributed by atoms with Crippen molar-refractivity contribution >= 4 is 5.97 Å². The number of aliphatic carboxylic acids is 1. The fraction of sp³-hybridized carbons (Fsp3) is 0.235. The van der Waals surface area contributed by atoms with Crippen molar-refractivity contribution in [2.45, 2.75) is 25.5 Å². The molecule has 0 fully saturated rings. The van der Waals surface area contributed by atoms with Crippen molar-refractivity contribution in [3.8, 4) is 0 Å². The molecule has 2 aromatic carbocycles. The van der Waals surface area contributed by atoms with E-state index < -0.39 is 29.5 Å². The number of nitrogens with one attached hydrogen (secondary N) is 1. The van der Waals surface area contributed by atoms with Gasteiger partial charge >= 0.3 is 5.97 Å². The topological polar surface area (TPSA) is 58.6 Å². The van der Waals surface area contributed by atoms with Gasteiger partial charge in [-0.25, -0.2) is 13.2 Å². The second-order valence-corrected chi connectivity index (χ2v) is 5.18. The van der Waals surface area contributed by atoms with Gasteiger partial charge in [0.2, 0.25) is 0 Å². The number of carbonyl (C=O) groups is 1. The Morgan fingerprint density at radius 1 is 1.08 bits per heavy atom. The van der Waals surface area contributed by atoms with Gasteiger partial charge in [-0.1, -0.05) is 30.3 Å². The third-order valence-electron chi connectivity index (χ3n) is 3.40. The fourth-order valence-corrected chi connectivity index (χ4v) is 2.09. The summed E-state index contributed by atoms with van der Waals surface area (Å²) in [6, 6.07) is 9.17. The molecule has 2 rings (SSSR count). The van der Waals surface area contributed by atoms with E-state index in [2.05, 4.69) is 5.48 Å². The minimum atomic E-state index is -1.28. The lowest BCUT2D eigenvalue weighted by Gasteiger charge is -2.14. The van der Waals surface area contributed by atoms with Crippen molar-refractivity contribution in [1.29, 1.82) is 0 Å². The van der Waals surface area contributed by atoms with Crippen LogP contribution >= 0.6 is 0 Å². The van der Waals surface area contributed by atoms with Crippen LogP contribution in [0, 0.1) is 17.5 Å². The van der Waals surface area contributed by atoms with Gasteiger partial charge in [0, 0.05) is 6.07 Å². The molecule has 0 radical (unpaired) electrons. The number of carboxylic acid groups (broad SMARTS) is 1. The lowest BCUT2D eigenvalue weighted by Crippen LogP contribution is -2.37. The third-order valence-corrected chi connectivity index (χ3v) is 3.40. The van der Waals surface area contributed by atoms with Gasteiger partial charge in [0.25, 0.3) is 0 Å². The summed E-state index contributed by atoms with van der Waals surface area (Å²) in [5.41, 5.74) is 3.15. The van der Waals surface area contributed by atoms with Crippen molar-refractivity contribution in [2.75, 3.05) is 0 Å². The Morgan fingerprint density at radius 2 is 1.75 bits per heavy atom. The second kappa shape index (κ2) is 8.47. The van der Waals surface area contributed by atoms with Crippen LogP contribution in [0.25, 0.3) is 0 Å². The summed E-state index contributed by atoms with van der Waals surface area (Å²) >= 11 is 0. The maximum Gasteiger partial charge on any atom is 0.323 e. The van der Waals surface area contributed by atoms with Gasteiger partial charge in [-0.3, -0.25) is 9.63 Å². The lowest BCUT2D eigenvalue weighted by molar-refractivity contribution is -0.144. The molecule has 128 valence electrons. The Labute approximate surface area is 136 Å². The molecule has 0 bridgehead atoms. The average molecular weight is 339 g/mol. The highest BCUT2D eigenvalue weighted by molar-refractivity contribution is 5.73. The molecule has 2 aromatic rings. The zero-order chi connectivity index (χ0) is 17.5. The first-order chi connectivity index (χ1) is 11.5. The summed E-state index contributed by atoms with van der Waals surface area (Å²) in [7, 11) is 0. The Hall–Kier alpha value is -2.38. The molecule has 0 aliphatic heterocycles. The molecule has 1 atom stereocenters. The van der Waals surface area contributed by atoms with Crippen LogP contribution in [-0.2, 0) is 22.7 Å². The summed E-state index contributed by atoms with van der Waals surface area (Å²) in [4.78, 5) is 16.3. The molecule has 0 saturated carbocycles. The van der Waals surface area contributed by atoms with E-state index in [0.717, 1.165) is 11.6 Å². The molecule has 7 heteroatoms. The van der Waals surface area contributed by atoms with Gasteiger partial charge in [0.15, 0.2) is 11.6 Å². The first kappa shape index (κ1) is 18.0. The van der Waals surface area contributed by atoms with E-state index in [9.17, 15) is 18.0 Å². The van der Waals surface area contributed by atoms with Gasteiger partial charge in [0.1, 0.15) is 11.9 Å². The second-order valence-electron chi connectivity index (χ2n) is 5.18. The predicted octanol–water partition coefficient (Wildman–Crippen LogP) is 3.21. The number of halogens is 3. The lowest BCUT2D eigenvalue weighted by atomic mass is 10.0. The molecule has 4 nitrogen and oxygen atoms in total. The van der Waals surface area contributed by atoms with E-state index in [4.69, 9.17) is 9.94 Å². The highest BCUT2D eigenvalue weighted by Gasteiger charge is 2.19. The van der Waals surface area contributed by atoms with Crippen LogP contribution in [0.15, 0.2) is 42.5 Å². The number of hydroxylamine groups is 1. The number of hydrogen-bond donors (Lipinski definition) is 2. The predicted molar refractivity (Wildman–Crippen MR) is 80.4 cm³/mol. The minimum Gasteiger partial charge on any atom is -0.480 e. The Kier molecular flexibility index (Phi) is 6.34. The highest BCUT2D eigenvalue weighted by atomic mass is 19.2. The van der Waals surface area contributed by atoms with Gasteiger partial charge in [0.05, 0.1) is 6.61 Å². The Balaban J connectivity index is 1.89. The van der Waals surface area contributed by atoms with Crippen LogP contribution in [0.1, 0.15) is 17.5 Å². The van der Waals surface area contributed by atoms with Gasteiger partial charge in [-0.05, 0) is 30.0 Å². The van der Waals surface area contributed by atoms with Crippen LogP contribution in [0.3, 0.4) is 0 Å². The number of hydrogen-bond acceptors (Lipinski definition) is 3. The number of benzene rings is 2. The summed E-state index contributed by atoms with van der Waals surface area (Å²) in [6.45, 7) is 0.157. The van der Waals surface area contributed by atoms with E-state index in [1.165, 1.54) is 0 Å². The molecule has 0 amide bonds. The quantitative estimate of drug-likeness (QED) is 0.573. The van der Waals surface area contributed by atoms with Crippen molar-refractivity contribution in [3.05, 3.63) is 71.0 Å². The SMILES string of the molecule is O=C(O)C(CCc1cc(F)c(F)cc1F)NOCc1ccccc1. The fourth-order valence-electron chi connectivity index (χ4n) is 2.09. The zero-order valence-corrected chi connectivity index (χ0v) is 12.6. The highest BCUT2D eigenvalue weighted by Crippen LogP contribution is 2.16. The van der Waals surface area contributed by atoms with E-state index >= 15 is 0 Å². The summed E-state index contributed by atoms with van der Waals surface area (Å²) < 4.78 is 39.6. The maximum atomic E-state index is 13.5. The summed E-state index contributed by atoms with van der Waals surface area (Å²) in [6.07, 6.45) is -0.131. The first-order valence-electron chi connectivity index (χ1n) is 7.25. The largest absolute Gasteiger partial charge is 0.480 e. The third kappa shape index (κ3) is 5.07. The molecule has 1 unspecified atom stereocenters. The number of rotatable bonds is 8. The normalized spacial score (nSPS) is 12.1. The van der Waals surface area contributed by atoms with E-state index in [1.54, 1.807) is 0 Å². The molecular weight excluding hydrogens is 323 g/mol. The van der Waals surface area contributed by atoms with Gasteiger partial charge in [-0.15, -0.1) is 0 Å². The molecule has 24 heavy (non-hydrogen) atoms. The number of aryl methyl sites for hydroxylation is 1. The summed E-state index contributed by atoms with van der Waals surface area (Å²) in [5, 5.41) is 9.15.